The second-order valence-electron chi connectivity index (χ2n) is 4.41. The third kappa shape index (κ3) is 2.94. The highest BCUT2D eigenvalue weighted by Gasteiger charge is 2.34. The Balaban J connectivity index is 2.49. The lowest BCUT2D eigenvalue weighted by molar-refractivity contribution is -0.0560. The van der Waals surface area contributed by atoms with Crippen molar-refractivity contribution in [1.29, 1.82) is 0 Å². The molecule has 2 unspecified atom stereocenters. The molecule has 0 aromatic rings. The molecule has 2 atom stereocenters. The van der Waals surface area contributed by atoms with Crippen molar-refractivity contribution in [1.82, 2.24) is 0 Å². The number of rotatable bonds is 5. The van der Waals surface area contributed by atoms with Crippen molar-refractivity contribution in [2.24, 2.45) is 11.1 Å². The fourth-order valence-electron chi connectivity index (χ4n) is 2.35. The highest BCUT2D eigenvalue weighted by atomic mass is 16.5. The highest BCUT2D eigenvalue weighted by molar-refractivity contribution is 4.86. The number of hydrogen-bond acceptors (Lipinski definition) is 3. The van der Waals surface area contributed by atoms with Gasteiger partial charge in [-0.3, -0.25) is 0 Å². The third-order valence-electron chi connectivity index (χ3n) is 3.33. The van der Waals surface area contributed by atoms with Crippen LogP contribution in [-0.4, -0.2) is 31.0 Å². The summed E-state index contributed by atoms with van der Waals surface area (Å²) in [6, 6.07) is 0. The molecule has 0 aromatic heterocycles. The van der Waals surface area contributed by atoms with Gasteiger partial charge in [0, 0.05) is 13.2 Å². The van der Waals surface area contributed by atoms with Crippen molar-refractivity contribution in [2.45, 2.75) is 45.1 Å². The Morgan fingerprint density at radius 3 is 2.93 bits per heavy atom. The first-order valence-electron chi connectivity index (χ1n) is 5.69. The first-order valence-corrected chi connectivity index (χ1v) is 5.69. The van der Waals surface area contributed by atoms with E-state index in [9.17, 15) is 0 Å². The molecule has 3 heteroatoms. The smallest absolute Gasteiger partial charge is 0.0580 e. The van der Waals surface area contributed by atoms with Gasteiger partial charge < -0.3 is 15.6 Å². The van der Waals surface area contributed by atoms with Crippen LogP contribution in [-0.2, 0) is 4.74 Å². The van der Waals surface area contributed by atoms with Crippen LogP contribution >= 0.6 is 0 Å². The van der Waals surface area contributed by atoms with Crippen molar-refractivity contribution in [3.8, 4) is 0 Å². The van der Waals surface area contributed by atoms with Gasteiger partial charge in [0.1, 0.15) is 0 Å². The molecule has 1 aliphatic rings. The Morgan fingerprint density at radius 2 is 2.36 bits per heavy atom. The van der Waals surface area contributed by atoms with Gasteiger partial charge in [-0.25, -0.2) is 0 Å². The van der Waals surface area contributed by atoms with E-state index < -0.39 is 0 Å². The molecule has 0 bridgehead atoms. The van der Waals surface area contributed by atoms with Crippen LogP contribution in [0.25, 0.3) is 0 Å². The molecule has 1 aliphatic heterocycles. The maximum Gasteiger partial charge on any atom is 0.0580 e. The summed E-state index contributed by atoms with van der Waals surface area (Å²) in [6.07, 6.45) is 5.50. The summed E-state index contributed by atoms with van der Waals surface area (Å²) >= 11 is 0. The summed E-state index contributed by atoms with van der Waals surface area (Å²) in [5, 5.41) is 9.03. The Morgan fingerprint density at radius 1 is 1.57 bits per heavy atom. The van der Waals surface area contributed by atoms with Crippen LogP contribution in [0.3, 0.4) is 0 Å². The number of nitrogens with two attached hydrogens (primary N) is 1. The molecular formula is C11H23NO2. The zero-order valence-corrected chi connectivity index (χ0v) is 9.17. The van der Waals surface area contributed by atoms with E-state index in [2.05, 4.69) is 6.92 Å². The second-order valence-corrected chi connectivity index (χ2v) is 4.41. The molecule has 1 rings (SSSR count). The van der Waals surface area contributed by atoms with Crippen molar-refractivity contribution >= 4 is 0 Å². The number of ether oxygens (including phenoxy) is 1. The Bertz CT molecular complexity index is 157. The van der Waals surface area contributed by atoms with Gasteiger partial charge in [-0.1, -0.05) is 13.3 Å². The molecule has 0 saturated carbocycles. The topological polar surface area (TPSA) is 55.5 Å². The summed E-state index contributed by atoms with van der Waals surface area (Å²) in [5.74, 6) is 0. The SMILES string of the molecule is CCCC1CC(CN)(CCO)CCO1. The van der Waals surface area contributed by atoms with E-state index in [0.717, 1.165) is 38.7 Å². The molecule has 0 amide bonds. The minimum Gasteiger partial charge on any atom is -0.396 e. The van der Waals surface area contributed by atoms with Crippen LogP contribution in [0, 0.1) is 5.41 Å². The van der Waals surface area contributed by atoms with E-state index >= 15 is 0 Å². The van der Waals surface area contributed by atoms with Crippen LogP contribution < -0.4 is 5.73 Å². The number of aliphatic hydroxyl groups excluding tert-OH is 1. The van der Waals surface area contributed by atoms with E-state index in [1.165, 1.54) is 0 Å². The predicted octanol–water partition coefficient (Wildman–Crippen LogP) is 1.29. The fourth-order valence-corrected chi connectivity index (χ4v) is 2.35. The van der Waals surface area contributed by atoms with Gasteiger partial charge >= 0.3 is 0 Å². The summed E-state index contributed by atoms with van der Waals surface area (Å²) in [6.45, 7) is 3.91. The molecule has 0 aromatic carbocycles. The molecule has 1 fully saturated rings. The summed E-state index contributed by atoms with van der Waals surface area (Å²) in [5.41, 5.74) is 5.96. The molecule has 0 radical (unpaired) electrons. The zero-order chi connectivity index (χ0) is 10.4. The summed E-state index contributed by atoms with van der Waals surface area (Å²) < 4.78 is 5.68. The van der Waals surface area contributed by atoms with Gasteiger partial charge in [0.2, 0.25) is 0 Å². The minimum absolute atomic E-state index is 0.146. The van der Waals surface area contributed by atoms with Crippen molar-refractivity contribution in [2.75, 3.05) is 19.8 Å². The van der Waals surface area contributed by atoms with Crippen LogP contribution in [0.5, 0.6) is 0 Å². The maximum absolute atomic E-state index is 9.03. The van der Waals surface area contributed by atoms with Crippen LogP contribution in [0.2, 0.25) is 0 Å². The van der Waals surface area contributed by atoms with Gasteiger partial charge in [0.05, 0.1) is 6.10 Å². The molecule has 1 heterocycles. The van der Waals surface area contributed by atoms with Crippen LogP contribution in [0.1, 0.15) is 39.0 Å². The van der Waals surface area contributed by atoms with E-state index in [0.29, 0.717) is 12.6 Å². The number of aliphatic hydroxyl groups is 1. The molecule has 0 aliphatic carbocycles. The Labute approximate surface area is 86.6 Å². The predicted molar refractivity (Wildman–Crippen MR) is 57.1 cm³/mol. The lowest BCUT2D eigenvalue weighted by Crippen LogP contribution is -2.41. The molecule has 14 heavy (non-hydrogen) atoms. The standard InChI is InChI=1S/C11H23NO2/c1-2-3-10-8-11(9-12,4-6-13)5-7-14-10/h10,13H,2-9,12H2,1H3. The first-order chi connectivity index (χ1) is 6.76. The van der Waals surface area contributed by atoms with Crippen LogP contribution in [0.4, 0.5) is 0 Å². The highest BCUT2D eigenvalue weighted by Crippen LogP contribution is 2.36. The van der Waals surface area contributed by atoms with E-state index in [1.807, 2.05) is 0 Å². The molecule has 3 nitrogen and oxygen atoms in total. The van der Waals surface area contributed by atoms with Gasteiger partial charge in [-0.05, 0) is 37.6 Å². The Hall–Kier alpha value is -0.120. The average molecular weight is 201 g/mol. The molecule has 84 valence electrons. The van der Waals surface area contributed by atoms with Crippen LogP contribution in [0.15, 0.2) is 0 Å². The van der Waals surface area contributed by atoms with Gasteiger partial charge in [0.15, 0.2) is 0 Å². The quantitative estimate of drug-likeness (QED) is 0.705. The van der Waals surface area contributed by atoms with Crippen molar-refractivity contribution in [3.63, 3.8) is 0 Å². The fraction of sp³-hybridized carbons (Fsp3) is 1.00. The molecule has 3 N–H and O–H groups in total. The lowest BCUT2D eigenvalue weighted by Gasteiger charge is -2.40. The van der Waals surface area contributed by atoms with Gasteiger partial charge in [0.25, 0.3) is 0 Å². The maximum atomic E-state index is 9.03. The molecule has 0 spiro atoms. The largest absolute Gasteiger partial charge is 0.396 e. The molecule has 1 saturated heterocycles. The van der Waals surface area contributed by atoms with E-state index in [1.54, 1.807) is 0 Å². The van der Waals surface area contributed by atoms with Crippen molar-refractivity contribution < 1.29 is 9.84 Å². The van der Waals surface area contributed by atoms with Gasteiger partial charge in [-0.2, -0.15) is 0 Å². The first kappa shape index (κ1) is 12.0. The van der Waals surface area contributed by atoms with E-state index in [-0.39, 0.29) is 12.0 Å². The zero-order valence-electron chi connectivity index (χ0n) is 9.17. The second kappa shape index (κ2) is 5.69. The summed E-state index contributed by atoms with van der Waals surface area (Å²) in [7, 11) is 0. The third-order valence-corrected chi connectivity index (χ3v) is 3.33. The monoisotopic (exact) mass is 201 g/mol. The van der Waals surface area contributed by atoms with E-state index in [4.69, 9.17) is 15.6 Å². The normalized spacial score (nSPS) is 33.2. The number of hydrogen-bond donors (Lipinski definition) is 2. The van der Waals surface area contributed by atoms with Gasteiger partial charge in [-0.15, -0.1) is 0 Å². The average Bonchev–Trinajstić information content (AvgIpc) is 2.19. The lowest BCUT2D eigenvalue weighted by atomic mass is 9.75. The summed E-state index contributed by atoms with van der Waals surface area (Å²) in [4.78, 5) is 0. The van der Waals surface area contributed by atoms with Crippen molar-refractivity contribution in [3.05, 3.63) is 0 Å². The molecular weight excluding hydrogens is 178 g/mol. The Kier molecular flexibility index (Phi) is 4.85. The minimum atomic E-state index is 0.146.